The molecule has 102 valence electrons. The van der Waals surface area contributed by atoms with Gasteiger partial charge >= 0.3 is 6.18 Å². The minimum Gasteiger partial charge on any atom is -0.375 e. The number of nitrogens with one attached hydrogen (secondary N) is 1. The molecule has 2 nitrogen and oxygen atoms in total. The summed E-state index contributed by atoms with van der Waals surface area (Å²) in [5.74, 6) is 0. The molecule has 0 bridgehead atoms. The van der Waals surface area contributed by atoms with Crippen molar-refractivity contribution >= 4 is 0 Å². The van der Waals surface area contributed by atoms with E-state index in [-0.39, 0.29) is 12.0 Å². The Morgan fingerprint density at radius 1 is 1.29 bits per heavy atom. The molecular formula is C12H22F3NO. The van der Waals surface area contributed by atoms with E-state index in [2.05, 4.69) is 5.32 Å². The molecule has 0 amide bonds. The highest BCUT2D eigenvalue weighted by Crippen LogP contribution is 2.24. The first-order valence-corrected chi connectivity index (χ1v) is 6.23. The molecular weight excluding hydrogens is 231 g/mol. The first-order chi connectivity index (χ1) is 7.79. The molecule has 0 saturated carbocycles. The fourth-order valence-corrected chi connectivity index (χ4v) is 2.16. The highest BCUT2D eigenvalue weighted by atomic mass is 19.4. The fraction of sp³-hybridized carbons (Fsp3) is 1.00. The van der Waals surface area contributed by atoms with Crippen molar-refractivity contribution in [2.75, 3.05) is 13.2 Å². The van der Waals surface area contributed by atoms with E-state index in [4.69, 9.17) is 4.74 Å². The van der Waals surface area contributed by atoms with Gasteiger partial charge in [0.25, 0.3) is 0 Å². The van der Waals surface area contributed by atoms with Crippen LogP contribution in [0.1, 0.15) is 46.0 Å². The number of unbranched alkanes of at least 4 members (excludes halogenated alkanes) is 1. The van der Waals surface area contributed by atoms with Crippen molar-refractivity contribution in [2.24, 2.45) is 0 Å². The minimum absolute atomic E-state index is 0.109. The summed E-state index contributed by atoms with van der Waals surface area (Å²) in [6.45, 7) is 5.49. The molecule has 0 aliphatic carbocycles. The Morgan fingerprint density at radius 2 is 2.00 bits per heavy atom. The van der Waals surface area contributed by atoms with Crippen molar-refractivity contribution in [1.82, 2.24) is 5.32 Å². The van der Waals surface area contributed by atoms with Crippen molar-refractivity contribution in [3.63, 3.8) is 0 Å². The van der Waals surface area contributed by atoms with E-state index in [0.717, 1.165) is 19.4 Å². The highest BCUT2D eigenvalue weighted by molar-refractivity contribution is 4.82. The quantitative estimate of drug-likeness (QED) is 0.759. The average molecular weight is 253 g/mol. The van der Waals surface area contributed by atoms with Gasteiger partial charge in [-0.3, -0.25) is 0 Å². The lowest BCUT2D eigenvalue weighted by Crippen LogP contribution is -2.43. The second-order valence-electron chi connectivity index (χ2n) is 5.32. The van der Waals surface area contributed by atoms with E-state index in [9.17, 15) is 13.2 Å². The molecule has 1 atom stereocenters. The fourth-order valence-electron chi connectivity index (χ4n) is 2.16. The molecule has 1 aliphatic heterocycles. The summed E-state index contributed by atoms with van der Waals surface area (Å²) in [7, 11) is 0. The molecule has 0 aromatic rings. The molecule has 17 heavy (non-hydrogen) atoms. The Balaban J connectivity index is 2.07. The van der Waals surface area contributed by atoms with Gasteiger partial charge in [-0.25, -0.2) is 0 Å². The molecule has 0 aromatic carbocycles. The van der Waals surface area contributed by atoms with E-state index >= 15 is 0 Å². The second kappa shape index (κ2) is 6.05. The van der Waals surface area contributed by atoms with Gasteiger partial charge in [-0.2, -0.15) is 13.2 Å². The van der Waals surface area contributed by atoms with E-state index < -0.39 is 12.6 Å². The van der Waals surface area contributed by atoms with Crippen LogP contribution in [-0.2, 0) is 4.74 Å². The van der Waals surface area contributed by atoms with Crippen LogP contribution in [0.15, 0.2) is 0 Å². The summed E-state index contributed by atoms with van der Waals surface area (Å²) < 4.78 is 41.3. The van der Waals surface area contributed by atoms with Crippen LogP contribution in [0.4, 0.5) is 13.2 Å². The molecule has 5 heteroatoms. The summed E-state index contributed by atoms with van der Waals surface area (Å²) in [6.07, 6.45) is -2.02. The van der Waals surface area contributed by atoms with Gasteiger partial charge in [-0.1, -0.05) is 0 Å². The van der Waals surface area contributed by atoms with Gasteiger partial charge in [0.1, 0.15) is 0 Å². The number of halogens is 3. The van der Waals surface area contributed by atoms with Gasteiger partial charge in [0.2, 0.25) is 0 Å². The molecule has 0 radical (unpaired) electrons. The van der Waals surface area contributed by atoms with Gasteiger partial charge in [0, 0.05) is 19.1 Å². The molecule has 0 spiro atoms. The minimum atomic E-state index is -4.01. The van der Waals surface area contributed by atoms with Gasteiger partial charge in [0.05, 0.1) is 5.60 Å². The zero-order valence-corrected chi connectivity index (χ0v) is 10.6. The Kier molecular flexibility index (Phi) is 5.25. The zero-order chi connectivity index (χ0) is 12.9. The Labute approximate surface area is 101 Å². The SMILES string of the molecule is CC1(C)CC(NCCCCC(F)(F)F)CCO1. The van der Waals surface area contributed by atoms with Crippen molar-refractivity contribution in [1.29, 1.82) is 0 Å². The topological polar surface area (TPSA) is 21.3 Å². The summed E-state index contributed by atoms with van der Waals surface area (Å²) in [5, 5.41) is 3.32. The standard InChI is InChI=1S/C12H22F3NO/c1-11(2)9-10(5-8-17-11)16-7-4-3-6-12(13,14)15/h10,16H,3-9H2,1-2H3. The lowest BCUT2D eigenvalue weighted by molar-refractivity contribution is -0.135. The predicted molar refractivity (Wildman–Crippen MR) is 61.0 cm³/mol. The molecule has 1 heterocycles. The number of hydrogen-bond acceptors (Lipinski definition) is 2. The largest absolute Gasteiger partial charge is 0.389 e. The van der Waals surface area contributed by atoms with Crippen molar-refractivity contribution in [3.05, 3.63) is 0 Å². The van der Waals surface area contributed by atoms with Crippen LogP contribution in [0.3, 0.4) is 0 Å². The summed E-state index contributed by atoms with van der Waals surface area (Å²) in [6, 6.07) is 0.379. The third-order valence-corrected chi connectivity index (χ3v) is 3.02. The zero-order valence-electron chi connectivity index (χ0n) is 10.6. The predicted octanol–water partition coefficient (Wildman–Crippen LogP) is 3.27. The van der Waals surface area contributed by atoms with Crippen molar-refractivity contribution < 1.29 is 17.9 Å². The molecule has 1 rings (SSSR count). The molecule has 1 aliphatic rings. The first kappa shape index (κ1) is 14.8. The van der Waals surface area contributed by atoms with Crippen LogP contribution in [0.25, 0.3) is 0 Å². The van der Waals surface area contributed by atoms with Gasteiger partial charge in [-0.15, -0.1) is 0 Å². The van der Waals surface area contributed by atoms with Crippen molar-refractivity contribution in [2.45, 2.75) is 63.8 Å². The Hall–Kier alpha value is -0.290. The maximum atomic E-state index is 11.9. The first-order valence-electron chi connectivity index (χ1n) is 6.23. The third-order valence-electron chi connectivity index (χ3n) is 3.02. The Bertz CT molecular complexity index is 228. The van der Waals surface area contributed by atoms with E-state index in [0.29, 0.717) is 19.0 Å². The molecule has 0 aromatic heterocycles. The Morgan fingerprint density at radius 3 is 2.59 bits per heavy atom. The van der Waals surface area contributed by atoms with E-state index in [1.54, 1.807) is 0 Å². The molecule has 1 N–H and O–H groups in total. The maximum absolute atomic E-state index is 11.9. The lowest BCUT2D eigenvalue weighted by atomic mass is 9.94. The van der Waals surface area contributed by atoms with Gasteiger partial charge in [0.15, 0.2) is 0 Å². The van der Waals surface area contributed by atoms with Crippen LogP contribution in [-0.4, -0.2) is 31.0 Å². The van der Waals surface area contributed by atoms with Gasteiger partial charge in [-0.05, 0) is 46.1 Å². The average Bonchev–Trinajstić information content (AvgIpc) is 2.13. The van der Waals surface area contributed by atoms with Crippen LogP contribution in [0, 0.1) is 0 Å². The number of rotatable bonds is 5. The number of hydrogen-bond donors (Lipinski definition) is 1. The van der Waals surface area contributed by atoms with Crippen LogP contribution in [0.5, 0.6) is 0 Å². The van der Waals surface area contributed by atoms with Crippen molar-refractivity contribution in [3.8, 4) is 0 Å². The monoisotopic (exact) mass is 253 g/mol. The number of alkyl halides is 3. The highest BCUT2D eigenvalue weighted by Gasteiger charge is 2.28. The smallest absolute Gasteiger partial charge is 0.375 e. The van der Waals surface area contributed by atoms with Crippen LogP contribution >= 0.6 is 0 Å². The summed E-state index contributed by atoms with van der Waals surface area (Å²) in [5.41, 5.74) is -0.109. The number of ether oxygens (including phenoxy) is 1. The molecule has 1 fully saturated rings. The van der Waals surface area contributed by atoms with Gasteiger partial charge < -0.3 is 10.1 Å². The normalized spacial score (nSPS) is 24.9. The summed E-state index contributed by atoms with van der Waals surface area (Å²) >= 11 is 0. The van der Waals surface area contributed by atoms with E-state index in [1.165, 1.54) is 0 Å². The van der Waals surface area contributed by atoms with Crippen LogP contribution < -0.4 is 5.32 Å². The summed E-state index contributed by atoms with van der Waals surface area (Å²) in [4.78, 5) is 0. The van der Waals surface area contributed by atoms with E-state index in [1.807, 2.05) is 13.8 Å². The van der Waals surface area contributed by atoms with Crippen LogP contribution in [0.2, 0.25) is 0 Å². The second-order valence-corrected chi connectivity index (χ2v) is 5.32. The molecule has 1 unspecified atom stereocenters. The third kappa shape index (κ3) is 6.88. The maximum Gasteiger partial charge on any atom is 0.389 e. The molecule has 1 saturated heterocycles. The lowest BCUT2D eigenvalue weighted by Gasteiger charge is -2.36.